The minimum absolute atomic E-state index is 0.260. The number of hydrogen-bond acceptors (Lipinski definition) is 4. The van der Waals surface area contributed by atoms with Gasteiger partial charge in [0.1, 0.15) is 5.75 Å². The number of nitrogen functional groups attached to an aromatic ring is 1. The first-order chi connectivity index (χ1) is 8.33. The Balaban J connectivity index is 2.38. The average Bonchev–Trinajstić information content (AvgIpc) is 2.61. The second-order valence-electron chi connectivity index (χ2n) is 3.65. The molecule has 2 aromatic rings. The standard InChI is InChI=1S/C11H9F3N2OS/c1-6-2-7(9-5-18-10(15)16-9)4-8(3-6)17-11(12,13)14/h2-5H,1H3,(H2,15,16). The van der Waals surface area contributed by atoms with E-state index in [0.717, 1.165) is 0 Å². The molecule has 1 aromatic heterocycles. The summed E-state index contributed by atoms with van der Waals surface area (Å²) in [5.41, 5.74) is 7.22. The molecule has 3 nitrogen and oxygen atoms in total. The Labute approximate surface area is 105 Å². The lowest BCUT2D eigenvalue weighted by molar-refractivity contribution is -0.274. The molecule has 0 aliphatic carbocycles. The van der Waals surface area contributed by atoms with E-state index in [1.165, 1.54) is 23.5 Å². The van der Waals surface area contributed by atoms with Gasteiger partial charge in [-0.15, -0.1) is 24.5 Å². The molecule has 1 heterocycles. The molecule has 0 saturated carbocycles. The van der Waals surface area contributed by atoms with Gasteiger partial charge in [0.25, 0.3) is 0 Å². The van der Waals surface area contributed by atoms with E-state index in [2.05, 4.69) is 9.72 Å². The monoisotopic (exact) mass is 274 g/mol. The molecule has 0 radical (unpaired) electrons. The Bertz CT molecular complexity index is 566. The van der Waals surface area contributed by atoms with Crippen molar-refractivity contribution in [2.24, 2.45) is 0 Å². The van der Waals surface area contributed by atoms with Crippen LogP contribution in [0.15, 0.2) is 23.6 Å². The van der Waals surface area contributed by atoms with Gasteiger partial charge in [-0.1, -0.05) is 0 Å². The zero-order valence-corrected chi connectivity index (χ0v) is 10.1. The van der Waals surface area contributed by atoms with Gasteiger partial charge in [0.15, 0.2) is 5.13 Å². The third-order valence-electron chi connectivity index (χ3n) is 2.10. The van der Waals surface area contributed by atoms with Crippen LogP contribution in [-0.4, -0.2) is 11.3 Å². The topological polar surface area (TPSA) is 48.1 Å². The lowest BCUT2D eigenvalue weighted by Crippen LogP contribution is -2.17. The van der Waals surface area contributed by atoms with Crippen molar-refractivity contribution in [1.29, 1.82) is 0 Å². The molecule has 0 bridgehead atoms. The van der Waals surface area contributed by atoms with Crippen LogP contribution in [0.25, 0.3) is 11.3 Å². The summed E-state index contributed by atoms with van der Waals surface area (Å²) in [7, 11) is 0. The molecule has 0 amide bonds. The van der Waals surface area contributed by atoms with Crippen LogP contribution in [0.3, 0.4) is 0 Å². The van der Waals surface area contributed by atoms with Crippen molar-refractivity contribution >= 4 is 16.5 Å². The highest BCUT2D eigenvalue weighted by atomic mass is 32.1. The molecular formula is C11H9F3N2OS. The third-order valence-corrected chi connectivity index (χ3v) is 2.78. The average molecular weight is 274 g/mol. The Hall–Kier alpha value is -1.76. The number of hydrogen-bond donors (Lipinski definition) is 1. The number of ether oxygens (including phenoxy) is 1. The maximum atomic E-state index is 12.2. The summed E-state index contributed by atoms with van der Waals surface area (Å²) >= 11 is 1.23. The van der Waals surface area contributed by atoms with Gasteiger partial charge in [-0.2, -0.15) is 0 Å². The van der Waals surface area contributed by atoms with Gasteiger partial charge >= 0.3 is 6.36 Å². The molecule has 0 atom stereocenters. The fraction of sp³-hybridized carbons (Fsp3) is 0.182. The molecule has 1 aromatic carbocycles. The molecule has 18 heavy (non-hydrogen) atoms. The molecule has 0 aliphatic heterocycles. The van der Waals surface area contributed by atoms with Crippen molar-refractivity contribution in [2.75, 3.05) is 5.73 Å². The van der Waals surface area contributed by atoms with Crippen molar-refractivity contribution in [3.63, 3.8) is 0 Å². The third kappa shape index (κ3) is 3.13. The normalized spacial score (nSPS) is 11.6. The second kappa shape index (κ2) is 4.49. The van der Waals surface area contributed by atoms with Gasteiger partial charge in [-0.05, 0) is 30.7 Å². The minimum atomic E-state index is -4.70. The van der Waals surface area contributed by atoms with Gasteiger partial charge < -0.3 is 10.5 Å². The highest BCUT2D eigenvalue weighted by Gasteiger charge is 2.31. The summed E-state index contributed by atoms with van der Waals surface area (Å²) < 4.78 is 40.4. The first-order valence-electron chi connectivity index (χ1n) is 4.92. The number of anilines is 1. The Morgan fingerprint density at radius 2 is 2.00 bits per heavy atom. The van der Waals surface area contributed by atoms with Gasteiger partial charge in [0.2, 0.25) is 0 Å². The Morgan fingerprint density at radius 1 is 1.28 bits per heavy atom. The number of halogens is 3. The van der Waals surface area contributed by atoms with E-state index in [0.29, 0.717) is 22.0 Å². The summed E-state index contributed by atoms with van der Waals surface area (Å²) in [4.78, 5) is 4.02. The van der Waals surface area contributed by atoms with Gasteiger partial charge in [0.05, 0.1) is 5.69 Å². The van der Waals surface area contributed by atoms with Crippen LogP contribution in [0.2, 0.25) is 0 Å². The van der Waals surface area contributed by atoms with Crippen molar-refractivity contribution < 1.29 is 17.9 Å². The summed E-state index contributed by atoms with van der Waals surface area (Å²) in [5.74, 6) is -0.260. The quantitative estimate of drug-likeness (QED) is 0.910. The van der Waals surface area contributed by atoms with E-state index in [-0.39, 0.29) is 5.75 Å². The van der Waals surface area contributed by atoms with Gasteiger partial charge in [-0.25, -0.2) is 4.98 Å². The number of aromatic nitrogens is 1. The van der Waals surface area contributed by atoms with Crippen LogP contribution < -0.4 is 10.5 Å². The van der Waals surface area contributed by atoms with Crippen LogP contribution in [0.5, 0.6) is 5.75 Å². The van der Waals surface area contributed by atoms with E-state index in [1.807, 2.05) is 0 Å². The lowest BCUT2D eigenvalue weighted by atomic mass is 10.1. The van der Waals surface area contributed by atoms with E-state index in [9.17, 15) is 13.2 Å². The maximum Gasteiger partial charge on any atom is 0.573 e. The number of rotatable bonds is 2. The molecule has 0 aliphatic rings. The summed E-state index contributed by atoms with van der Waals surface area (Å²) in [6, 6.07) is 4.32. The molecule has 0 fully saturated rings. The SMILES string of the molecule is Cc1cc(OC(F)(F)F)cc(-c2csc(N)n2)c1. The molecule has 96 valence electrons. The Kier molecular flexibility index (Phi) is 3.16. The van der Waals surface area contributed by atoms with E-state index in [1.54, 1.807) is 18.4 Å². The van der Waals surface area contributed by atoms with Crippen LogP contribution in [0.4, 0.5) is 18.3 Å². The highest BCUT2D eigenvalue weighted by molar-refractivity contribution is 7.13. The first-order valence-corrected chi connectivity index (χ1v) is 5.80. The molecule has 2 rings (SSSR count). The summed E-state index contributed by atoms with van der Waals surface area (Å²) in [6.45, 7) is 1.68. The number of nitrogens with two attached hydrogens (primary N) is 1. The van der Waals surface area contributed by atoms with Crippen LogP contribution in [0.1, 0.15) is 5.56 Å². The van der Waals surface area contributed by atoms with Crippen molar-refractivity contribution in [3.05, 3.63) is 29.1 Å². The number of thiazole rings is 1. The molecule has 0 spiro atoms. The number of nitrogens with zero attached hydrogens (tertiary/aromatic N) is 1. The number of alkyl halides is 3. The van der Waals surface area contributed by atoms with Gasteiger partial charge in [0, 0.05) is 10.9 Å². The number of aryl methyl sites for hydroxylation is 1. The van der Waals surface area contributed by atoms with Gasteiger partial charge in [-0.3, -0.25) is 0 Å². The Morgan fingerprint density at radius 3 is 2.56 bits per heavy atom. The minimum Gasteiger partial charge on any atom is -0.406 e. The van der Waals surface area contributed by atoms with E-state index < -0.39 is 6.36 Å². The van der Waals surface area contributed by atoms with Crippen molar-refractivity contribution in [2.45, 2.75) is 13.3 Å². The largest absolute Gasteiger partial charge is 0.573 e. The predicted molar refractivity (Wildman–Crippen MR) is 63.4 cm³/mol. The molecule has 0 unspecified atom stereocenters. The molecule has 0 saturated heterocycles. The smallest absolute Gasteiger partial charge is 0.406 e. The summed E-state index contributed by atoms with van der Waals surface area (Å²) in [6.07, 6.45) is -4.70. The van der Waals surface area contributed by atoms with Crippen LogP contribution in [-0.2, 0) is 0 Å². The van der Waals surface area contributed by atoms with E-state index >= 15 is 0 Å². The maximum absolute atomic E-state index is 12.2. The van der Waals surface area contributed by atoms with Crippen LogP contribution >= 0.6 is 11.3 Å². The second-order valence-corrected chi connectivity index (χ2v) is 4.54. The number of benzene rings is 1. The molecular weight excluding hydrogens is 265 g/mol. The molecule has 2 N–H and O–H groups in total. The first kappa shape index (κ1) is 12.7. The van der Waals surface area contributed by atoms with Crippen molar-refractivity contribution in [1.82, 2.24) is 4.98 Å². The predicted octanol–water partition coefficient (Wildman–Crippen LogP) is 3.60. The fourth-order valence-corrected chi connectivity index (χ4v) is 2.08. The summed E-state index contributed by atoms with van der Waals surface area (Å²) in [5, 5.41) is 2.05. The zero-order chi connectivity index (χ0) is 13.3. The highest BCUT2D eigenvalue weighted by Crippen LogP contribution is 2.30. The molecule has 7 heteroatoms. The van der Waals surface area contributed by atoms with Crippen LogP contribution in [0, 0.1) is 6.92 Å². The fourth-order valence-electron chi connectivity index (χ4n) is 1.51. The van der Waals surface area contributed by atoms with E-state index in [4.69, 9.17) is 5.73 Å². The zero-order valence-electron chi connectivity index (χ0n) is 9.28. The lowest BCUT2D eigenvalue weighted by Gasteiger charge is -2.10. The van der Waals surface area contributed by atoms with Crippen molar-refractivity contribution in [3.8, 4) is 17.0 Å².